The van der Waals surface area contributed by atoms with Crippen LogP contribution >= 0.6 is 11.6 Å². The highest BCUT2D eigenvalue weighted by atomic mass is 35.5. The van der Waals surface area contributed by atoms with Crippen molar-refractivity contribution in [3.05, 3.63) is 76.7 Å². The summed E-state index contributed by atoms with van der Waals surface area (Å²) in [5, 5.41) is 8.12. The fourth-order valence-electron chi connectivity index (χ4n) is 2.64. The fourth-order valence-corrected chi connectivity index (χ4v) is 2.76. The van der Waals surface area contributed by atoms with E-state index in [2.05, 4.69) is 31.1 Å². The first-order valence-electron chi connectivity index (χ1n) is 8.84. The van der Waals surface area contributed by atoms with Gasteiger partial charge in [0, 0.05) is 17.7 Å². The number of aromatic nitrogens is 3. The molecule has 6 heteroatoms. The molecule has 140 valence electrons. The molecule has 0 aliphatic rings. The number of carbonyl (C=O) groups excluding carboxylic acids is 1. The summed E-state index contributed by atoms with van der Waals surface area (Å²) in [7, 11) is 0. The van der Waals surface area contributed by atoms with Crippen LogP contribution in [0.1, 0.15) is 37.6 Å². The average molecular weight is 383 g/mol. The lowest BCUT2D eigenvalue weighted by Gasteiger charge is -2.14. The SMILES string of the molecule is CC(C)(C)c1cc(NC(=O)Cc2ccc(Cl)nc2)n(Cc2ccccc2)n1. The van der Waals surface area contributed by atoms with Crippen molar-refractivity contribution in [2.45, 2.75) is 39.2 Å². The number of rotatable bonds is 5. The number of anilines is 1. The van der Waals surface area contributed by atoms with E-state index >= 15 is 0 Å². The van der Waals surface area contributed by atoms with Crippen LogP contribution in [0.15, 0.2) is 54.7 Å². The molecule has 0 saturated carbocycles. The molecule has 2 heterocycles. The van der Waals surface area contributed by atoms with Gasteiger partial charge in [-0.3, -0.25) is 4.79 Å². The molecule has 3 aromatic rings. The Morgan fingerprint density at radius 1 is 1.11 bits per heavy atom. The molecule has 0 atom stereocenters. The number of amides is 1. The van der Waals surface area contributed by atoms with Gasteiger partial charge in [0.25, 0.3) is 0 Å². The molecular weight excluding hydrogens is 360 g/mol. The van der Waals surface area contributed by atoms with Gasteiger partial charge in [-0.15, -0.1) is 0 Å². The van der Waals surface area contributed by atoms with Gasteiger partial charge >= 0.3 is 0 Å². The number of hydrogen-bond donors (Lipinski definition) is 1. The lowest BCUT2D eigenvalue weighted by Crippen LogP contribution is -2.18. The third kappa shape index (κ3) is 5.17. The predicted octanol–water partition coefficient (Wildman–Crippen LogP) is 4.46. The molecule has 0 spiro atoms. The van der Waals surface area contributed by atoms with E-state index < -0.39 is 0 Å². The molecule has 0 fully saturated rings. The van der Waals surface area contributed by atoms with E-state index in [1.165, 1.54) is 0 Å². The van der Waals surface area contributed by atoms with Gasteiger partial charge in [-0.05, 0) is 17.2 Å². The summed E-state index contributed by atoms with van der Waals surface area (Å²) >= 11 is 5.80. The third-order valence-electron chi connectivity index (χ3n) is 4.14. The van der Waals surface area contributed by atoms with E-state index in [0.717, 1.165) is 16.8 Å². The Labute approximate surface area is 164 Å². The van der Waals surface area contributed by atoms with Crippen molar-refractivity contribution < 1.29 is 4.79 Å². The first-order valence-corrected chi connectivity index (χ1v) is 9.21. The molecule has 0 bridgehead atoms. The highest BCUT2D eigenvalue weighted by Gasteiger charge is 2.21. The summed E-state index contributed by atoms with van der Waals surface area (Å²) < 4.78 is 1.84. The molecular formula is C21H23ClN4O. The van der Waals surface area contributed by atoms with Crippen LogP contribution in [0.4, 0.5) is 5.82 Å². The fraction of sp³-hybridized carbons (Fsp3) is 0.286. The Hall–Kier alpha value is -2.66. The first kappa shape index (κ1) is 19.1. The van der Waals surface area contributed by atoms with Crippen LogP contribution in [0.25, 0.3) is 0 Å². The smallest absolute Gasteiger partial charge is 0.229 e. The van der Waals surface area contributed by atoms with Crippen LogP contribution < -0.4 is 5.32 Å². The van der Waals surface area contributed by atoms with Gasteiger partial charge in [0.15, 0.2) is 0 Å². The van der Waals surface area contributed by atoms with Gasteiger partial charge in [-0.1, -0.05) is 68.8 Å². The molecule has 0 saturated heterocycles. The quantitative estimate of drug-likeness (QED) is 0.663. The van der Waals surface area contributed by atoms with Crippen LogP contribution in [0.5, 0.6) is 0 Å². The zero-order valence-corrected chi connectivity index (χ0v) is 16.5. The minimum atomic E-state index is -0.117. The van der Waals surface area contributed by atoms with E-state index in [4.69, 9.17) is 16.7 Å². The van der Waals surface area contributed by atoms with Crippen molar-refractivity contribution >= 4 is 23.3 Å². The molecule has 0 aliphatic heterocycles. The summed E-state index contributed by atoms with van der Waals surface area (Å²) in [4.78, 5) is 16.5. The van der Waals surface area contributed by atoms with E-state index in [1.807, 2.05) is 41.1 Å². The molecule has 2 aromatic heterocycles. The van der Waals surface area contributed by atoms with Crippen LogP contribution in [0, 0.1) is 0 Å². The molecule has 1 aromatic carbocycles. The molecule has 27 heavy (non-hydrogen) atoms. The number of nitrogens with one attached hydrogen (secondary N) is 1. The number of hydrogen-bond acceptors (Lipinski definition) is 3. The van der Waals surface area contributed by atoms with Crippen molar-refractivity contribution in [3.8, 4) is 0 Å². The van der Waals surface area contributed by atoms with E-state index in [0.29, 0.717) is 17.5 Å². The van der Waals surface area contributed by atoms with Gasteiger partial charge in [0.1, 0.15) is 11.0 Å². The summed E-state index contributed by atoms with van der Waals surface area (Å²) in [6.45, 7) is 6.91. The van der Waals surface area contributed by atoms with E-state index in [9.17, 15) is 4.79 Å². The maximum absolute atomic E-state index is 12.5. The maximum atomic E-state index is 12.5. The Kier molecular flexibility index (Phi) is 5.61. The minimum absolute atomic E-state index is 0.110. The monoisotopic (exact) mass is 382 g/mol. The van der Waals surface area contributed by atoms with Gasteiger partial charge < -0.3 is 5.32 Å². The van der Waals surface area contributed by atoms with Crippen LogP contribution in [-0.2, 0) is 23.2 Å². The third-order valence-corrected chi connectivity index (χ3v) is 4.37. The number of benzene rings is 1. The van der Waals surface area contributed by atoms with E-state index in [-0.39, 0.29) is 17.7 Å². The maximum Gasteiger partial charge on any atom is 0.229 e. The van der Waals surface area contributed by atoms with Crippen molar-refractivity contribution in [1.29, 1.82) is 0 Å². The van der Waals surface area contributed by atoms with Gasteiger partial charge in [0.2, 0.25) is 5.91 Å². The Bertz CT molecular complexity index is 912. The highest BCUT2D eigenvalue weighted by Crippen LogP contribution is 2.25. The van der Waals surface area contributed by atoms with Gasteiger partial charge in [-0.25, -0.2) is 9.67 Å². The summed E-state index contributed by atoms with van der Waals surface area (Å²) in [6, 6.07) is 15.5. The number of halogens is 1. The normalized spacial score (nSPS) is 11.4. The molecule has 1 amide bonds. The number of nitrogens with zero attached hydrogens (tertiary/aromatic N) is 3. The molecule has 1 N–H and O–H groups in total. The molecule has 5 nitrogen and oxygen atoms in total. The largest absolute Gasteiger partial charge is 0.311 e. The van der Waals surface area contributed by atoms with Crippen LogP contribution in [0.3, 0.4) is 0 Å². The zero-order valence-electron chi connectivity index (χ0n) is 15.7. The van der Waals surface area contributed by atoms with Crippen molar-refractivity contribution in [1.82, 2.24) is 14.8 Å². The topological polar surface area (TPSA) is 59.8 Å². The van der Waals surface area contributed by atoms with Gasteiger partial charge in [0.05, 0.1) is 18.7 Å². The second kappa shape index (κ2) is 7.92. The summed E-state index contributed by atoms with van der Waals surface area (Å²) in [6.07, 6.45) is 1.84. The molecule has 3 rings (SSSR count). The first-order chi connectivity index (χ1) is 12.8. The predicted molar refractivity (Wildman–Crippen MR) is 108 cm³/mol. The zero-order chi connectivity index (χ0) is 19.4. The summed E-state index contributed by atoms with van der Waals surface area (Å²) in [5.74, 6) is 0.574. The van der Waals surface area contributed by atoms with Crippen molar-refractivity contribution in [2.75, 3.05) is 5.32 Å². The lowest BCUT2D eigenvalue weighted by molar-refractivity contribution is -0.115. The average Bonchev–Trinajstić information content (AvgIpc) is 3.01. The van der Waals surface area contributed by atoms with Crippen molar-refractivity contribution in [3.63, 3.8) is 0 Å². The van der Waals surface area contributed by atoms with Gasteiger partial charge in [-0.2, -0.15) is 5.10 Å². The molecule has 0 radical (unpaired) electrons. The second-order valence-electron chi connectivity index (χ2n) is 7.52. The van der Waals surface area contributed by atoms with E-state index in [1.54, 1.807) is 18.3 Å². The minimum Gasteiger partial charge on any atom is -0.311 e. The number of carbonyl (C=O) groups is 1. The number of pyridine rings is 1. The summed E-state index contributed by atoms with van der Waals surface area (Å²) in [5.41, 5.74) is 2.75. The van der Waals surface area contributed by atoms with Crippen LogP contribution in [0.2, 0.25) is 5.15 Å². The molecule has 0 unspecified atom stereocenters. The second-order valence-corrected chi connectivity index (χ2v) is 7.91. The standard InChI is InChI=1S/C21H23ClN4O/c1-21(2,3)17-12-19(26(25-17)14-15-7-5-4-6-8-15)24-20(27)11-16-9-10-18(22)23-13-16/h4-10,12-13H,11,14H2,1-3H3,(H,24,27). The highest BCUT2D eigenvalue weighted by molar-refractivity contribution is 6.29. The van der Waals surface area contributed by atoms with Crippen molar-refractivity contribution in [2.24, 2.45) is 0 Å². The Morgan fingerprint density at radius 3 is 2.48 bits per heavy atom. The lowest BCUT2D eigenvalue weighted by atomic mass is 9.92. The Balaban J connectivity index is 1.80. The van der Waals surface area contributed by atoms with Crippen LogP contribution in [-0.4, -0.2) is 20.7 Å². The molecule has 0 aliphatic carbocycles. The Morgan fingerprint density at radius 2 is 1.85 bits per heavy atom.